The molecule has 6 heteroatoms. The molecule has 1 heterocycles. The molecule has 1 aliphatic heterocycles. The Morgan fingerprint density at radius 2 is 1.77 bits per heavy atom. The lowest BCUT2D eigenvalue weighted by Gasteiger charge is -2.21. The first kappa shape index (κ1) is 18.1. The molecule has 0 radical (unpaired) electrons. The fourth-order valence-electron chi connectivity index (χ4n) is 3.35. The van der Waals surface area contributed by atoms with Gasteiger partial charge < -0.3 is 14.2 Å². The van der Waals surface area contributed by atoms with Gasteiger partial charge in [0.1, 0.15) is 12.1 Å². The summed E-state index contributed by atoms with van der Waals surface area (Å²) in [6.07, 6.45) is 0.129. The lowest BCUT2D eigenvalue weighted by atomic mass is 9.82. The highest BCUT2D eigenvalue weighted by Crippen LogP contribution is 2.50. The van der Waals surface area contributed by atoms with Crippen LogP contribution in [0, 0.1) is 22.7 Å². The minimum Gasteiger partial charge on any atom is -0.493 e. The monoisotopic (exact) mass is 368 g/mol. The van der Waals surface area contributed by atoms with Gasteiger partial charge in [-0.05, 0) is 29.7 Å². The molecule has 2 atom stereocenters. The molecule has 2 aromatic rings. The SMILES string of the molecule is COc1cc([C@@H]2C[C@@H](c3ccccc3)OC2(C#N)C#N)cc(Cl)c1OC. The fraction of sp³-hybridized carbons (Fsp3) is 0.300. The third-order valence-corrected chi connectivity index (χ3v) is 4.91. The van der Waals surface area contributed by atoms with Crippen molar-refractivity contribution in [1.82, 2.24) is 0 Å². The molecule has 0 saturated carbocycles. The number of halogens is 1. The molecule has 1 aliphatic rings. The van der Waals surface area contributed by atoms with Crippen LogP contribution in [0.1, 0.15) is 29.6 Å². The zero-order valence-electron chi connectivity index (χ0n) is 14.4. The third kappa shape index (κ3) is 2.97. The molecule has 3 rings (SSSR count). The summed E-state index contributed by atoms with van der Waals surface area (Å²) in [5.41, 5.74) is 0.0364. The van der Waals surface area contributed by atoms with Crippen LogP contribution in [0.2, 0.25) is 5.02 Å². The van der Waals surface area contributed by atoms with Crippen LogP contribution in [-0.4, -0.2) is 19.8 Å². The summed E-state index contributed by atoms with van der Waals surface area (Å²) in [5.74, 6) is 0.388. The second-order valence-electron chi connectivity index (χ2n) is 6.00. The number of ether oxygens (including phenoxy) is 3. The van der Waals surface area contributed by atoms with E-state index in [2.05, 4.69) is 12.1 Å². The van der Waals surface area contributed by atoms with E-state index in [1.54, 1.807) is 12.1 Å². The van der Waals surface area contributed by atoms with E-state index >= 15 is 0 Å². The van der Waals surface area contributed by atoms with E-state index in [1.807, 2.05) is 30.3 Å². The average Bonchev–Trinajstić information content (AvgIpc) is 3.08. The highest BCUT2D eigenvalue weighted by atomic mass is 35.5. The number of hydrogen-bond acceptors (Lipinski definition) is 5. The van der Waals surface area contributed by atoms with E-state index < -0.39 is 11.5 Å². The van der Waals surface area contributed by atoms with Gasteiger partial charge in [-0.15, -0.1) is 0 Å². The van der Waals surface area contributed by atoms with Crippen LogP contribution in [0.5, 0.6) is 11.5 Å². The number of methoxy groups -OCH3 is 2. The van der Waals surface area contributed by atoms with E-state index in [-0.39, 0.29) is 6.10 Å². The zero-order chi connectivity index (χ0) is 18.7. The quantitative estimate of drug-likeness (QED) is 0.800. The molecule has 0 aliphatic carbocycles. The van der Waals surface area contributed by atoms with Gasteiger partial charge in [0.2, 0.25) is 5.60 Å². The Hall–Kier alpha value is -2.73. The summed E-state index contributed by atoms with van der Waals surface area (Å²) < 4.78 is 16.5. The Bertz CT molecular complexity index is 872. The topological polar surface area (TPSA) is 75.3 Å². The Balaban J connectivity index is 2.07. The number of rotatable bonds is 4. The summed E-state index contributed by atoms with van der Waals surface area (Å²) in [6.45, 7) is 0. The van der Waals surface area contributed by atoms with Gasteiger partial charge in [-0.2, -0.15) is 10.5 Å². The molecule has 1 saturated heterocycles. The molecule has 26 heavy (non-hydrogen) atoms. The van der Waals surface area contributed by atoms with Crippen molar-refractivity contribution in [2.45, 2.75) is 24.0 Å². The van der Waals surface area contributed by atoms with Crippen molar-refractivity contribution in [2.24, 2.45) is 0 Å². The maximum atomic E-state index is 9.72. The first-order valence-electron chi connectivity index (χ1n) is 8.05. The standard InChI is InChI=1S/C20H17ClN2O3/c1-24-18-9-14(8-16(21)19(18)25-2)15-10-17(13-6-4-3-5-7-13)26-20(15,11-22)12-23/h3-9,15,17H,10H2,1-2H3/t15-,17-/m0/s1. The van der Waals surface area contributed by atoms with Crippen molar-refractivity contribution < 1.29 is 14.2 Å². The summed E-state index contributed by atoms with van der Waals surface area (Å²) in [5, 5.41) is 19.8. The van der Waals surface area contributed by atoms with E-state index in [1.165, 1.54) is 14.2 Å². The maximum Gasteiger partial charge on any atom is 0.248 e. The van der Waals surface area contributed by atoms with Crippen molar-refractivity contribution in [1.29, 1.82) is 10.5 Å². The fourth-order valence-corrected chi connectivity index (χ4v) is 3.65. The predicted molar refractivity (Wildman–Crippen MR) is 96.1 cm³/mol. The summed E-state index contributed by atoms with van der Waals surface area (Å²) in [7, 11) is 3.01. The van der Waals surface area contributed by atoms with Gasteiger partial charge in [0.15, 0.2) is 11.5 Å². The van der Waals surface area contributed by atoms with Gasteiger partial charge in [0.05, 0.1) is 25.3 Å². The Kier molecular flexibility index (Phi) is 5.04. The predicted octanol–water partition coefficient (Wildman–Crippen LogP) is 4.39. The van der Waals surface area contributed by atoms with Gasteiger partial charge in [-0.1, -0.05) is 41.9 Å². The molecule has 0 unspecified atom stereocenters. The van der Waals surface area contributed by atoms with Crippen molar-refractivity contribution in [2.75, 3.05) is 14.2 Å². The van der Waals surface area contributed by atoms with Gasteiger partial charge >= 0.3 is 0 Å². The normalized spacial score (nSPS) is 20.8. The van der Waals surface area contributed by atoms with Gasteiger partial charge in [0, 0.05) is 5.92 Å². The van der Waals surface area contributed by atoms with Crippen LogP contribution in [0.4, 0.5) is 0 Å². The highest BCUT2D eigenvalue weighted by molar-refractivity contribution is 6.32. The van der Waals surface area contributed by atoms with Crippen LogP contribution in [0.15, 0.2) is 42.5 Å². The molecule has 0 spiro atoms. The van der Waals surface area contributed by atoms with Crippen molar-refractivity contribution in [3.8, 4) is 23.6 Å². The molecule has 0 bridgehead atoms. The molecule has 1 fully saturated rings. The van der Waals surface area contributed by atoms with Crippen LogP contribution < -0.4 is 9.47 Å². The largest absolute Gasteiger partial charge is 0.493 e. The lowest BCUT2D eigenvalue weighted by molar-refractivity contribution is 0.0280. The first-order chi connectivity index (χ1) is 12.6. The van der Waals surface area contributed by atoms with Crippen molar-refractivity contribution in [3.63, 3.8) is 0 Å². The van der Waals surface area contributed by atoms with Crippen LogP contribution in [-0.2, 0) is 4.74 Å². The number of hydrogen-bond donors (Lipinski definition) is 0. The second kappa shape index (κ2) is 7.25. The lowest BCUT2D eigenvalue weighted by Crippen LogP contribution is -2.30. The Morgan fingerprint density at radius 1 is 1.08 bits per heavy atom. The number of nitriles is 2. The molecule has 5 nitrogen and oxygen atoms in total. The number of benzene rings is 2. The first-order valence-corrected chi connectivity index (χ1v) is 8.43. The minimum atomic E-state index is -1.59. The van der Waals surface area contributed by atoms with E-state index in [4.69, 9.17) is 25.8 Å². The Morgan fingerprint density at radius 3 is 2.35 bits per heavy atom. The summed E-state index contributed by atoms with van der Waals surface area (Å²) in [6, 6.07) is 17.1. The van der Waals surface area contributed by atoms with Gasteiger partial charge in [-0.25, -0.2) is 0 Å². The van der Waals surface area contributed by atoms with Crippen LogP contribution in [0.25, 0.3) is 0 Å². The smallest absolute Gasteiger partial charge is 0.248 e. The molecule has 0 aromatic heterocycles. The van der Waals surface area contributed by atoms with Crippen LogP contribution in [0.3, 0.4) is 0 Å². The summed E-state index contributed by atoms with van der Waals surface area (Å²) >= 11 is 6.31. The Labute approximate surface area is 157 Å². The molecular weight excluding hydrogens is 352 g/mol. The second-order valence-corrected chi connectivity index (χ2v) is 6.41. The highest BCUT2D eigenvalue weighted by Gasteiger charge is 2.51. The van der Waals surface area contributed by atoms with E-state index in [9.17, 15) is 10.5 Å². The van der Waals surface area contributed by atoms with Gasteiger partial charge in [-0.3, -0.25) is 0 Å². The molecular formula is C20H17ClN2O3. The van der Waals surface area contributed by atoms with E-state index in [0.717, 1.165) is 5.56 Å². The van der Waals surface area contributed by atoms with E-state index in [0.29, 0.717) is 28.5 Å². The molecule has 132 valence electrons. The van der Waals surface area contributed by atoms with Crippen molar-refractivity contribution >= 4 is 11.6 Å². The third-order valence-electron chi connectivity index (χ3n) is 4.63. The number of nitrogens with zero attached hydrogens (tertiary/aromatic N) is 2. The van der Waals surface area contributed by atoms with Crippen LogP contribution >= 0.6 is 11.6 Å². The average molecular weight is 369 g/mol. The van der Waals surface area contributed by atoms with Crippen molar-refractivity contribution in [3.05, 3.63) is 58.6 Å². The molecule has 0 amide bonds. The maximum absolute atomic E-state index is 9.72. The van der Waals surface area contributed by atoms with Gasteiger partial charge in [0.25, 0.3) is 0 Å². The zero-order valence-corrected chi connectivity index (χ0v) is 15.2. The summed E-state index contributed by atoms with van der Waals surface area (Å²) in [4.78, 5) is 0. The minimum absolute atomic E-state index is 0.354. The molecule has 0 N–H and O–H groups in total. The molecule has 2 aromatic carbocycles.